The molecule has 1 aromatic carbocycles. The lowest BCUT2D eigenvalue weighted by Crippen LogP contribution is -2.36. The van der Waals surface area contributed by atoms with Crippen LogP contribution in [0.4, 0.5) is 0 Å². The summed E-state index contributed by atoms with van der Waals surface area (Å²) in [5, 5.41) is 10.1. The summed E-state index contributed by atoms with van der Waals surface area (Å²) < 4.78 is 0. The van der Waals surface area contributed by atoms with Gasteiger partial charge in [0.15, 0.2) is 0 Å². The van der Waals surface area contributed by atoms with Gasteiger partial charge in [0.25, 0.3) is 0 Å². The monoisotopic (exact) mass is 303 g/mol. The van der Waals surface area contributed by atoms with Gasteiger partial charge in [0.05, 0.1) is 6.10 Å². The van der Waals surface area contributed by atoms with E-state index in [0.717, 1.165) is 25.7 Å². The van der Waals surface area contributed by atoms with Crippen LogP contribution in [-0.2, 0) is 6.42 Å². The Balaban J connectivity index is 2.08. The highest BCUT2D eigenvalue weighted by atomic mass is 16.3. The van der Waals surface area contributed by atoms with Gasteiger partial charge in [0.1, 0.15) is 0 Å². The van der Waals surface area contributed by atoms with Crippen LogP contribution in [0.3, 0.4) is 0 Å². The summed E-state index contributed by atoms with van der Waals surface area (Å²) in [5.74, 6) is 0. The average Bonchev–Trinajstić information content (AvgIpc) is 2.54. The first-order valence-corrected chi connectivity index (χ1v) is 8.86. The van der Waals surface area contributed by atoms with Crippen molar-refractivity contribution in [2.45, 2.75) is 76.9 Å². The van der Waals surface area contributed by atoms with Gasteiger partial charge in [-0.25, -0.2) is 0 Å². The molecule has 3 N–H and O–H groups in total. The Labute approximate surface area is 136 Å². The second-order valence-electron chi connectivity index (χ2n) is 6.17. The molecule has 0 aliphatic heterocycles. The number of hydrogen-bond acceptors (Lipinski definition) is 2. The van der Waals surface area contributed by atoms with Crippen molar-refractivity contribution in [1.29, 1.82) is 0 Å². The molecule has 0 saturated heterocycles. The van der Waals surface area contributed by atoms with E-state index in [1.165, 1.54) is 37.7 Å². The third-order valence-electron chi connectivity index (χ3n) is 4.08. The summed E-state index contributed by atoms with van der Waals surface area (Å²) in [5.41, 5.74) is 7.28. The standard InChI is InChI=1S/C20H33NO/c1-2-3-4-5-6-7-8-9-13-16-20(22)19(21)17-18-14-11-10-12-15-18/h8-12,14-15,19-20,22H,2-7,13,16-17,21H2,1H3. The predicted octanol–water partition coefficient (Wildman–Crippen LogP) is 4.61. The van der Waals surface area contributed by atoms with Crippen LogP contribution >= 0.6 is 0 Å². The molecular weight excluding hydrogens is 270 g/mol. The van der Waals surface area contributed by atoms with Crippen molar-refractivity contribution in [2.75, 3.05) is 0 Å². The summed E-state index contributed by atoms with van der Waals surface area (Å²) >= 11 is 0. The Morgan fingerprint density at radius 1 is 1.00 bits per heavy atom. The van der Waals surface area contributed by atoms with Gasteiger partial charge in [-0.1, -0.05) is 75.1 Å². The van der Waals surface area contributed by atoms with Crippen LogP contribution < -0.4 is 5.73 Å². The van der Waals surface area contributed by atoms with E-state index in [1.54, 1.807) is 0 Å². The molecule has 2 atom stereocenters. The van der Waals surface area contributed by atoms with Crippen LogP contribution in [0, 0.1) is 0 Å². The first kappa shape index (κ1) is 18.9. The van der Waals surface area contributed by atoms with Crippen molar-refractivity contribution in [2.24, 2.45) is 5.73 Å². The molecule has 1 aromatic rings. The molecule has 0 aromatic heterocycles. The molecule has 0 heterocycles. The second kappa shape index (κ2) is 12.4. The van der Waals surface area contributed by atoms with Crippen molar-refractivity contribution >= 4 is 0 Å². The molecule has 0 fully saturated rings. The lowest BCUT2D eigenvalue weighted by Gasteiger charge is -2.18. The van der Waals surface area contributed by atoms with Crippen molar-refractivity contribution in [3.63, 3.8) is 0 Å². The zero-order valence-electron chi connectivity index (χ0n) is 14.1. The van der Waals surface area contributed by atoms with E-state index in [0.29, 0.717) is 0 Å². The van der Waals surface area contributed by atoms with Gasteiger partial charge in [-0.3, -0.25) is 0 Å². The topological polar surface area (TPSA) is 46.2 Å². The lowest BCUT2D eigenvalue weighted by atomic mass is 9.99. The van der Waals surface area contributed by atoms with Crippen molar-refractivity contribution in [3.05, 3.63) is 48.0 Å². The summed E-state index contributed by atoms with van der Waals surface area (Å²) in [6.45, 7) is 2.24. The number of hydrogen-bond donors (Lipinski definition) is 2. The van der Waals surface area contributed by atoms with Gasteiger partial charge >= 0.3 is 0 Å². The van der Waals surface area contributed by atoms with E-state index in [2.05, 4.69) is 31.2 Å². The third-order valence-corrected chi connectivity index (χ3v) is 4.08. The second-order valence-corrected chi connectivity index (χ2v) is 6.17. The van der Waals surface area contributed by atoms with Crippen molar-refractivity contribution in [3.8, 4) is 0 Å². The van der Waals surface area contributed by atoms with Gasteiger partial charge in [-0.2, -0.15) is 0 Å². The zero-order chi connectivity index (χ0) is 16.0. The fourth-order valence-corrected chi connectivity index (χ4v) is 2.60. The highest BCUT2D eigenvalue weighted by Gasteiger charge is 2.14. The molecule has 0 amide bonds. The molecule has 0 bridgehead atoms. The maximum Gasteiger partial charge on any atom is 0.0697 e. The lowest BCUT2D eigenvalue weighted by molar-refractivity contribution is 0.135. The Morgan fingerprint density at radius 3 is 2.41 bits per heavy atom. The van der Waals surface area contributed by atoms with E-state index in [-0.39, 0.29) is 6.04 Å². The van der Waals surface area contributed by atoms with Crippen LogP contribution in [0.5, 0.6) is 0 Å². The van der Waals surface area contributed by atoms with Crippen LogP contribution in [-0.4, -0.2) is 17.3 Å². The van der Waals surface area contributed by atoms with E-state index in [9.17, 15) is 5.11 Å². The maximum absolute atomic E-state index is 10.1. The van der Waals surface area contributed by atoms with Gasteiger partial charge < -0.3 is 10.8 Å². The van der Waals surface area contributed by atoms with Gasteiger partial charge in [0.2, 0.25) is 0 Å². The number of nitrogens with two attached hydrogens (primary N) is 1. The normalized spacial score (nSPS) is 14.3. The predicted molar refractivity (Wildman–Crippen MR) is 95.9 cm³/mol. The van der Waals surface area contributed by atoms with E-state index in [1.807, 2.05) is 18.2 Å². The van der Waals surface area contributed by atoms with Gasteiger partial charge in [-0.15, -0.1) is 0 Å². The van der Waals surface area contributed by atoms with Crippen LogP contribution in [0.1, 0.15) is 63.9 Å². The zero-order valence-corrected chi connectivity index (χ0v) is 14.1. The maximum atomic E-state index is 10.1. The largest absolute Gasteiger partial charge is 0.391 e. The van der Waals surface area contributed by atoms with E-state index in [4.69, 9.17) is 5.73 Å². The average molecular weight is 303 g/mol. The molecule has 2 unspecified atom stereocenters. The Hall–Kier alpha value is -1.12. The Morgan fingerprint density at radius 2 is 1.68 bits per heavy atom. The molecular formula is C20H33NO. The minimum atomic E-state index is -0.422. The molecule has 22 heavy (non-hydrogen) atoms. The number of aliphatic hydroxyl groups is 1. The number of aliphatic hydroxyl groups excluding tert-OH is 1. The summed E-state index contributed by atoms with van der Waals surface area (Å²) in [4.78, 5) is 0. The summed E-state index contributed by atoms with van der Waals surface area (Å²) in [7, 11) is 0. The smallest absolute Gasteiger partial charge is 0.0697 e. The molecule has 0 spiro atoms. The molecule has 0 aliphatic carbocycles. The SMILES string of the molecule is CCCCCCCC=CCCC(O)C(N)Cc1ccccc1. The molecule has 1 rings (SSSR count). The van der Waals surface area contributed by atoms with Crippen LogP contribution in [0.2, 0.25) is 0 Å². The third kappa shape index (κ3) is 9.01. The molecule has 0 radical (unpaired) electrons. The number of allylic oxidation sites excluding steroid dienone is 2. The minimum Gasteiger partial charge on any atom is -0.391 e. The van der Waals surface area contributed by atoms with Crippen LogP contribution in [0.25, 0.3) is 0 Å². The number of benzene rings is 1. The highest BCUT2D eigenvalue weighted by molar-refractivity contribution is 5.16. The van der Waals surface area contributed by atoms with Crippen LogP contribution in [0.15, 0.2) is 42.5 Å². The molecule has 2 heteroatoms. The Bertz CT molecular complexity index is 388. The van der Waals surface area contributed by atoms with Crippen molar-refractivity contribution in [1.82, 2.24) is 0 Å². The molecule has 0 saturated carbocycles. The van der Waals surface area contributed by atoms with Gasteiger partial charge in [-0.05, 0) is 37.7 Å². The Kier molecular flexibility index (Phi) is 10.7. The fraction of sp³-hybridized carbons (Fsp3) is 0.600. The fourth-order valence-electron chi connectivity index (χ4n) is 2.60. The van der Waals surface area contributed by atoms with Crippen molar-refractivity contribution < 1.29 is 5.11 Å². The summed E-state index contributed by atoms with van der Waals surface area (Å²) in [6.07, 6.45) is 14.2. The summed E-state index contributed by atoms with van der Waals surface area (Å²) in [6, 6.07) is 9.97. The quantitative estimate of drug-likeness (QED) is 0.437. The number of unbranched alkanes of at least 4 members (excludes halogenated alkanes) is 5. The number of rotatable bonds is 12. The molecule has 124 valence electrons. The van der Waals surface area contributed by atoms with Gasteiger partial charge in [0, 0.05) is 6.04 Å². The first-order chi connectivity index (χ1) is 10.7. The molecule has 2 nitrogen and oxygen atoms in total. The minimum absolute atomic E-state index is 0.176. The van der Waals surface area contributed by atoms with E-state index < -0.39 is 6.10 Å². The van der Waals surface area contributed by atoms with E-state index >= 15 is 0 Å². The highest BCUT2D eigenvalue weighted by Crippen LogP contribution is 2.10. The molecule has 0 aliphatic rings. The first-order valence-electron chi connectivity index (χ1n) is 8.86.